The Hall–Kier alpha value is -1.06. The summed E-state index contributed by atoms with van der Waals surface area (Å²) in [6, 6.07) is 6.87. The van der Waals surface area contributed by atoms with Gasteiger partial charge in [0.15, 0.2) is 0 Å². The number of ether oxygens (including phenoxy) is 2. The maximum atomic E-state index is 5.74. The van der Waals surface area contributed by atoms with Gasteiger partial charge >= 0.3 is 0 Å². The number of hydrogen-bond donors (Lipinski definition) is 1. The fraction of sp³-hybridized carbons (Fsp3) is 0.647. The number of nitrogens with one attached hydrogen (secondary N) is 1. The van der Waals surface area contributed by atoms with Crippen LogP contribution in [0.15, 0.2) is 18.2 Å². The predicted octanol–water partition coefficient (Wildman–Crippen LogP) is 2.95. The fourth-order valence-corrected chi connectivity index (χ4v) is 3.22. The van der Waals surface area contributed by atoms with Crippen LogP contribution < -0.4 is 10.1 Å². The fourth-order valence-electron chi connectivity index (χ4n) is 3.22. The SMILES string of the molecule is CCNC(Cc1cc(C)ccc1OC)C1CCOC1C. The van der Waals surface area contributed by atoms with Crippen molar-refractivity contribution >= 4 is 0 Å². The zero-order valence-electron chi connectivity index (χ0n) is 13.1. The van der Waals surface area contributed by atoms with Crippen molar-refractivity contribution in [2.75, 3.05) is 20.3 Å². The van der Waals surface area contributed by atoms with Crippen LogP contribution in [0, 0.1) is 12.8 Å². The molecule has 20 heavy (non-hydrogen) atoms. The number of aryl methyl sites for hydroxylation is 1. The average Bonchev–Trinajstić information content (AvgIpc) is 2.85. The van der Waals surface area contributed by atoms with Crippen LogP contribution >= 0.6 is 0 Å². The average molecular weight is 277 g/mol. The highest BCUT2D eigenvalue weighted by Crippen LogP contribution is 2.29. The van der Waals surface area contributed by atoms with E-state index in [4.69, 9.17) is 9.47 Å². The Morgan fingerprint density at radius 2 is 2.25 bits per heavy atom. The Kier molecular flexibility index (Phi) is 5.44. The van der Waals surface area contributed by atoms with Gasteiger partial charge in [0.2, 0.25) is 0 Å². The van der Waals surface area contributed by atoms with E-state index in [-0.39, 0.29) is 0 Å². The summed E-state index contributed by atoms with van der Waals surface area (Å²) in [4.78, 5) is 0. The Morgan fingerprint density at radius 1 is 1.45 bits per heavy atom. The molecule has 3 unspecified atom stereocenters. The van der Waals surface area contributed by atoms with Crippen molar-refractivity contribution in [2.24, 2.45) is 5.92 Å². The van der Waals surface area contributed by atoms with Gasteiger partial charge in [0.1, 0.15) is 5.75 Å². The predicted molar refractivity (Wildman–Crippen MR) is 82.4 cm³/mol. The summed E-state index contributed by atoms with van der Waals surface area (Å²) in [6.45, 7) is 8.36. The molecule has 0 aliphatic carbocycles. The van der Waals surface area contributed by atoms with Gasteiger partial charge in [-0.1, -0.05) is 24.6 Å². The lowest BCUT2D eigenvalue weighted by molar-refractivity contribution is 0.0955. The van der Waals surface area contributed by atoms with Gasteiger partial charge < -0.3 is 14.8 Å². The minimum atomic E-state index is 0.342. The zero-order chi connectivity index (χ0) is 14.5. The van der Waals surface area contributed by atoms with E-state index in [1.165, 1.54) is 11.1 Å². The van der Waals surface area contributed by atoms with Gasteiger partial charge in [-0.3, -0.25) is 0 Å². The highest BCUT2D eigenvalue weighted by Gasteiger charge is 2.31. The summed E-state index contributed by atoms with van der Waals surface area (Å²) in [7, 11) is 1.75. The Balaban J connectivity index is 2.17. The Labute approximate surface area is 122 Å². The van der Waals surface area contributed by atoms with Gasteiger partial charge in [-0.05, 0) is 44.9 Å². The lowest BCUT2D eigenvalue weighted by Crippen LogP contribution is -2.40. The third kappa shape index (κ3) is 3.53. The molecule has 0 aromatic heterocycles. The van der Waals surface area contributed by atoms with E-state index in [1.807, 2.05) is 0 Å². The van der Waals surface area contributed by atoms with Crippen LogP contribution in [0.1, 0.15) is 31.4 Å². The molecule has 112 valence electrons. The van der Waals surface area contributed by atoms with Crippen LogP contribution in [0.5, 0.6) is 5.75 Å². The molecule has 1 aliphatic rings. The van der Waals surface area contributed by atoms with Gasteiger partial charge in [-0.25, -0.2) is 0 Å². The second kappa shape index (κ2) is 7.09. The van der Waals surface area contributed by atoms with E-state index in [9.17, 15) is 0 Å². The van der Waals surface area contributed by atoms with Crippen LogP contribution in [0.3, 0.4) is 0 Å². The van der Waals surface area contributed by atoms with E-state index >= 15 is 0 Å². The van der Waals surface area contributed by atoms with E-state index in [0.717, 1.165) is 31.7 Å². The molecule has 0 spiro atoms. The summed E-state index contributed by atoms with van der Waals surface area (Å²) in [5, 5.41) is 3.64. The normalized spacial score (nSPS) is 23.8. The first-order valence-corrected chi connectivity index (χ1v) is 7.64. The second-order valence-corrected chi connectivity index (χ2v) is 5.71. The molecule has 0 bridgehead atoms. The molecule has 1 aliphatic heterocycles. The van der Waals surface area contributed by atoms with Crippen LogP contribution in [0.4, 0.5) is 0 Å². The van der Waals surface area contributed by atoms with Crippen LogP contribution in [0.2, 0.25) is 0 Å². The molecule has 1 aromatic carbocycles. The number of rotatable bonds is 6. The third-order valence-electron chi connectivity index (χ3n) is 4.29. The molecular formula is C17H27NO2. The third-order valence-corrected chi connectivity index (χ3v) is 4.29. The minimum Gasteiger partial charge on any atom is -0.496 e. The van der Waals surface area contributed by atoms with Gasteiger partial charge in [0.05, 0.1) is 13.2 Å². The summed E-state index contributed by atoms with van der Waals surface area (Å²) >= 11 is 0. The van der Waals surface area contributed by atoms with Crippen molar-refractivity contribution in [3.8, 4) is 5.75 Å². The Bertz CT molecular complexity index is 433. The Morgan fingerprint density at radius 3 is 2.85 bits per heavy atom. The molecule has 1 heterocycles. The molecule has 1 N–H and O–H groups in total. The first-order chi connectivity index (χ1) is 9.65. The molecule has 0 radical (unpaired) electrons. The highest BCUT2D eigenvalue weighted by atomic mass is 16.5. The lowest BCUT2D eigenvalue weighted by atomic mass is 9.88. The quantitative estimate of drug-likeness (QED) is 0.867. The molecule has 3 heteroatoms. The van der Waals surface area contributed by atoms with Crippen molar-refractivity contribution in [1.29, 1.82) is 0 Å². The highest BCUT2D eigenvalue weighted by molar-refractivity contribution is 5.37. The summed E-state index contributed by atoms with van der Waals surface area (Å²) < 4.78 is 11.2. The zero-order valence-corrected chi connectivity index (χ0v) is 13.1. The van der Waals surface area contributed by atoms with Crippen molar-refractivity contribution in [3.63, 3.8) is 0 Å². The molecule has 1 aromatic rings. The van der Waals surface area contributed by atoms with Crippen molar-refractivity contribution in [1.82, 2.24) is 5.32 Å². The minimum absolute atomic E-state index is 0.342. The van der Waals surface area contributed by atoms with E-state index in [2.05, 4.69) is 44.3 Å². The van der Waals surface area contributed by atoms with Crippen molar-refractivity contribution in [3.05, 3.63) is 29.3 Å². The largest absolute Gasteiger partial charge is 0.496 e. The van der Waals surface area contributed by atoms with E-state index in [0.29, 0.717) is 18.1 Å². The summed E-state index contributed by atoms with van der Waals surface area (Å²) in [5.41, 5.74) is 2.57. The second-order valence-electron chi connectivity index (χ2n) is 5.71. The van der Waals surface area contributed by atoms with Gasteiger partial charge in [0.25, 0.3) is 0 Å². The van der Waals surface area contributed by atoms with Crippen LogP contribution in [0.25, 0.3) is 0 Å². The van der Waals surface area contributed by atoms with Gasteiger partial charge in [-0.2, -0.15) is 0 Å². The maximum Gasteiger partial charge on any atom is 0.122 e. The van der Waals surface area contributed by atoms with Crippen LogP contribution in [-0.4, -0.2) is 32.4 Å². The first-order valence-electron chi connectivity index (χ1n) is 7.64. The summed E-state index contributed by atoms with van der Waals surface area (Å²) in [5.74, 6) is 1.57. The van der Waals surface area contributed by atoms with Gasteiger partial charge in [0, 0.05) is 18.6 Å². The molecule has 2 rings (SSSR count). The molecule has 3 atom stereocenters. The number of methoxy groups -OCH3 is 1. The topological polar surface area (TPSA) is 30.5 Å². The lowest BCUT2D eigenvalue weighted by Gasteiger charge is -2.27. The standard InChI is InChI=1S/C17H27NO2/c1-5-18-16(15-8-9-20-13(15)3)11-14-10-12(2)6-7-17(14)19-4/h6-7,10,13,15-16,18H,5,8-9,11H2,1-4H3. The van der Waals surface area contributed by atoms with Crippen molar-refractivity contribution < 1.29 is 9.47 Å². The summed E-state index contributed by atoms with van der Waals surface area (Å²) in [6.07, 6.45) is 2.49. The van der Waals surface area contributed by atoms with Crippen LogP contribution in [-0.2, 0) is 11.2 Å². The van der Waals surface area contributed by atoms with Crippen molar-refractivity contribution in [2.45, 2.75) is 45.8 Å². The van der Waals surface area contributed by atoms with E-state index in [1.54, 1.807) is 7.11 Å². The molecule has 0 saturated carbocycles. The molecular weight excluding hydrogens is 250 g/mol. The molecule has 1 fully saturated rings. The monoisotopic (exact) mass is 277 g/mol. The molecule has 1 saturated heterocycles. The number of likely N-dealkylation sites (N-methyl/N-ethyl adjacent to an activating group) is 1. The number of hydrogen-bond acceptors (Lipinski definition) is 3. The number of benzene rings is 1. The molecule has 0 amide bonds. The molecule has 3 nitrogen and oxygen atoms in total. The smallest absolute Gasteiger partial charge is 0.122 e. The maximum absolute atomic E-state index is 5.74. The van der Waals surface area contributed by atoms with Gasteiger partial charge in [-0.15, -0.1) is 0 Å². The first kappa shape index (κ1) is 15.3. The van der Waals surface area contributed by atoms with E-state index < -0.39 is 0 Å².